The molecule has 1 fully saturated rings. The first-order valence-electron chi connectivity index (χ1n) is 11.1. The van der Waals surface area contributed by atoms with Gasteiger partial charge in [-0.25, -0.2) is 4.39 Å². The van der Waals surface area contributed by atoms with Crippen molar-refractivity contribution in [2.75, 3.05) is 6.61 Å². The molecule has 1 heterocycles. The molecule has 0 atom stereocenters. The minimum Gasteiger partial charge on any atom is -0.490 e. The molecule has 0 N–H and O–H groups in total. The van der Waals surface area contributed by atoms with Crippen molar-refractivity contribution in [2.24, 2.45) is 0 Å². The van der Waals surface area contributed by atoms with Gasteiger partial charge in [0.05, 0.1) is 26.6 Å². The molecule has 11 heteroatoms. The quantitative estimate of drug-likeness (QED) is 0.114. The summed E-state index contributed by atoms with van der Waals surface area (Å²) >= 11 is 2.94. The minimum atomic E-state index is -0.510. The lowest BCUT2D eigenvalue weighted by atomic mass is 10.1. The summed E-state index contributed by atoms with van der Waals surface area (Å²) in [5.74, 6) is 0.232. The summed E-state index contributed by atoms with van der Waals surface area (Å²) in [6, 6.07) is 15.3. The Kier molecular flexibility index (Phi) is 8.44. The van der Waals surface area contributed by atoms with E-state index in [1.807, 2.05) is 13.0 Å². The molecular weight excluding hydrogens is 614 g/mol. The second-order valence-electron chi connectivity index (χ2n) is 7.87. The lowest BCUT2D eigenvalue weighted by Crippen LogP contribution is -2.27. The zero-order valence-electron chi connectivity index (χ0n) is 19.5. The molecule has 0 saturated carbocycles. The molecule has 0 aliphatic carbocycles. The molecule has 3 aromatic rings. The Morgan fingerprint density at radius 2 is 1.73 bits per heavy atom. The molecule has 1 saturated heterocycles. The highest BCUT2D eigenvalue weighted by Crippen LogP contribution is 2.38. The molecule has 0 radical (unpaired) electrons. The van der Waals surface area contributed by atoms with Crippen LogP contribution in [0.5, 0.6) is 11.5 Å². The number of amides is 2. The molecule has 2 amide bonds. The van der Waals surface area contributed by atoms with Gasteiger partial charge in [0, 0.05) is 12.1 Å². The molecule has 8 nitrogen and oxygen atoms in total. The van der Waals surface area contributed by atoms with E-state index in [0.717, 1.165) is 25.8 Å². The number of benzene rings is 3. The highest BCUT2D eigenvalue weighted by molar-refractivity contribution is 14.1. The molecule has 3 aromatic carbocycles. The van der Waals surface area contributed by atoms with Crippen molar-refractivity contribution in [3.8, 4) is 11.5 Å². The van der Waals surface area contributed by atoms with Crippen molar-refractivity contribution < 1.29 is 28.4 Å². The Hall–Kier alpha value is -3.45. The number of nitro benzene ring substituents is 1. The van der Waals surface area contributed by atoms with Crippen molar-refractivity contribution in [2.45, 2.75) is 20.1 Å². The zero-order chi connectivity index (χ0) is 26.5. The van der Waals surface area contributed by atoms with Crippen LogP contribution < -0.4 is 9.47 Å². The van der Waals surface area contributed by atoms with Crippen LogP contribution in [0.3, 0.4) is 0 Å². The number of carbonyl (C=O) groups is 2. The zero-order valence-corrected chi connectivity index (χ0v) is 22.5. The number of ether oxygens (including phenoxy) is 2. The number of rotatable bonds is 9. The molecular formula is C26H20FIN2O6S. The minimum absolute atomic E-state index is 0.0118. The standard InChI is InChI=1S/C26H20FIN2O6S/c1-2-35-22-12-18(11-21(28)24(22)36-15-17-3-7-19(27)8-4-17)13-23-25(31)29(26(32)37-23)14-16-5-9-20(10-6-16)30(33)34/h3-13H,2,14-15H2,1H3/b23-13-. The van der Waals surface area contributed by atoms with Crippen molar-refractivity contribution >= 4 is 57.3 Å². The van der Waals surface area contributed by atoms with Crippen molar-refractivity contribution in [3.63, 3.8) is 0 Å². The van der Waals surface area contributed by atoms with Crippen LogP contribution in [-0.4, -0.2) is 27.6 Å². The van der Waals surface area contributed by atoms with Crippen LogP contribution in [0, 0.1) is 19.5 Å². The Bertz CT molecular complexity index is 1380. The van der Waals surface area contributed by atoms with Gasteiger partial charge in [0.25, 0.3) is 16.8 Å². The van der Waals surface area contributed by atoms with Gasteiger partial charge in [-0.15, -0.1) is 0 Å². The Labute approximate surface area is 229 Å². The van der Waals surface area contributed by atoms with E-state index in [4.69, 9.17) is 9.47 Å². The van der Waals surface area contributed by atoms with Gasteiger partial charge in [-0.3, -0.25) is 24.6 Å². The largest absolute Gasteiger partial charge is 0.490 e. The maximum Gasteiger partial charge on any atom is 0.293 e. The van der Waals surface area contributed by atoms with Gasteiger partial charge in [0.15, 0.2) is 11.5 Å². The van der Waals surface area contributed by atoms with Gasteiger partial charge >= 0.3 is 0 Å². The predicted molar refractivity (Wildman–Crippen MR) is 146 cm³/mol. The molecule has 190 valence electrons. The first-order chi connectivity index (χ1) is 17.7. The van der Waals surface area contributed by atoms with E-state index in [1.165, 1.54) is 36.4 Å². The summed E-state index contributed by atoms with van der Waals surface area (Å²) in [4.78, 5) is 37.2. The second-order valence-corrected chi connectivity index (χ2v) is 10.0. The molecule has 0 spiro atoms. The number of nitrogens with zero attached hydrogens (tertiary/aromatic N) is 2. The van der Waals surface area contributed by atoms with E-state index in [0.29, 0.717) is 29.2 Å². The number of hydrogen-bond donors (Lipinski definition) is 0. The molecule has 0 unspecified atom stereocenters. The third-order valence-corrected chi connectivity index (χ3v) is 7.00. The smallest absolute Gasteiger partial charge is 0.293 e. The lowest BCUT2D eigenvalue weighted by Gasteiger charge is -2.15. The molecule has 1 aliphatic rings. The summed E-state index contributed by atoms with van der Waals surface area (Å²) in [5, 5.41) is 10.4. The number of hydrogen-bond acceptors (Lipinski definition) is 7. The topological polar surface area (TPSA) is 99.0 Å². The van der Waals surface area contributed by atoms with E-state index >= 15 is 0 Å². The molecule has 0 bridgehead atoms. The predicted octanol–water partition coefficient (Wildman–Crippen LogP) is 6.55. The maximum atomic E-state index is 13.2. The molecule has 37 heavy (non-hydrogen) atoms. The molecule has 4 rings (SSSR count). The number of thioether (sulfide) groups is 1. The Morgan fingerprint density at radius 3 is 2.38 bits per heavy atom. The van der Waals surface area contributed by atoms with Gasteiger partial charge in [0.1, 0.15) is 12.4 Å². The third-order valence-electron chi connectivity index (χ3n) is 5.29. The third kappa shape index (κ3) is 6.46. The first kappa shape index (κ1) is 26.6. The summed E-state index contributed by atoms with van der Waals surface area (Å²) in [6.07, 6.45) is 1.62. The highest BCUT2D eigenvalue weighted by atomic mass is 127. The van der Waals surface area contributed by atoms with Crippen LogP contribution in [0.4, 0.5) is 14.9 Å². The van der Waals surface area contributed by atoms with Gasteiger partial charge in [-0.1, -0.05) is 24.3 Å². The average molecular weight is 634 g/mol. The van der Waals surface area contributed by atoms with E-state index < -0.39 is 16.1 Å². The second kappa shape index (κ2) is 11.7. The number of carbonyl (C=O) groups excluding carboxylic acids is 2. The first-order valence-corrected chi connectivity index (χ1v) is 13.0. The summed E-state index contributed by atoms with van der Waals surface area (Å²) < 4.78 is 25.6. The fourth-order valence-corrected chi connectivity index (χ4v) is 5.12. The lowest BCUT2D eigenvalue weighted by molar-refractivity contribution is -0.384. The average Bonchev–Trinajstić information content (AvgIpc) is 3.12. The van der Waals surface area contributed by atoms with E-state index in [1.54, 1.807) is 24.3 Å². The van der Waals surface area contributed by atoms with Crippen LogP contribution in [0.25, 0.3) is 6.08 Å². The number of halogens is 2. The van der Waals surface area contributed by atoms with Crippen molar-refractivity contribution in [1.29, 1.82) is 0 Å². The molecule has 1 aliphatic heterocycles. The van der Waals surface area contributed by atoms with Gasteiger partial charge in [-0.2, -0.15) is 0 Å². The summed E-state index contributed by atoms with van der Waals surface area (Å²) in [7, 11) is 0. The fourth-order valence-electron chi connectivity index (χ4n) is 3.50. The monoisotopic (exact) mass is 634 g/mol. The van der Waals surface area contributed by atoms with Gasteiger partial charge in [-0.05, 0) is 88.3 Å². The van der Waals surface area contributed by atoms with Crippen LogP contribution >= 0.6 is 34.4 Å². The van der Waals surface area contributed by atoms with E-state index in [2.05, 4.69) is 22.6 Å². The van der Waals surface area contributed by atoms with Crippen molar-refractivity contribution in [3.05, 3.63) is 102 Å². The number of non-ortho nitro benzene ring substituents is 1. The van der Waals surface area contributed by atoms with Crippen LogP contribution in [0.1, 0.15) is 23.6 Å². The number of imide groups is 1. The van der Waals surface area contributed by atoms with Gasteiger partial charge in [0.2, 0.25) is 0 Å². The summed E-state index contributed by atoms with van der Waals surface area (Å²) in [6.45, 7) is 2.46. The van der Waals surface area contributed by atoms with E-state index in [-0.39, 0.29) is 29.6 Å². The van der Waals surface area contributed by atoms with Crippen LogP contribution in [0.15, 0.2) is 65.6 Å². The van der Waals surface area contributed by atoms with Gasteiger partial charge < -0.3 is 9.47 Å². The van der Waals surface area contributed by atoms with Crippen LogP contribution in [-0.2, 0) is 17.9 Å². The Morgan fingerprint density at radius 1 is 1.05 bits per heavy atom. The highest BCUT2D eigenvalue weighted by Gasteiger charge is 2.35. The van der Waals surface area contributed by atoms with Crippen LogP contribution in [0.2, 0.25) is 0 Å². The normalized spacial score (nSPS) is 14.4. The molecule has 0 aromatic heterocycles. The van der Waals surface area contributed by atoms with E-state index in [9.17, 15) is 24.1 Å². The SMILES string of the molecule is CCOc1cc(/C=C2\SC(=O)N(Cc3ccc([N+](=O)[O-])cc3)C2=O)cc(I)c1OCc1ccc(F)cc1. The Balaban J connectivity index is 1.52. The maximum absolute atomic E-state index is 13.2. The number of nitro groups is 1. The fraction of sp³-hybridized carbons (Fsp3) is 0.154. The van der Waals surface area contributed by atoms with Crippen molar-refractivity contribution in [1.82, 2.24) is 4.90 Å². The summed E-state index contributed by atoms with van der Waals surface area (Å²) in [5.41, 5.74) is 1.99.